The molecule has 46 heavy (non-hydrogen) atoms. The second-order valence-electron chi connectivity index (χ2n) is 10.3. The molecule has 1 fully saturated rings. The first kappa shape index (κ1) is 32.5. The van der Waals surface area contributed by atoms with E-state index in [1.807, 2.05) is 35.2 Å². The van der Waals surface area contributed by atoms with Crippen LogP contribution in [0.15, 0.2) is 48.8 Å². The quantitative estimate of drug-likeness (QED) is 0.0224. The summed E-state index contributed by atoms with van der Waals surface area (Å²) in [5, 5.41) is 20.3. The molecular formula is C29H37N11O6. The van der Waals surface area contributed by atoms with Gasteiger partial charge in [0, 0.05) is 38.9 Å². The third kappa shape index (κ3) is 6.84. The first-order valence-electron chi connectivity index (χ1n) is 14.6. The number of aromatic amines is 2. The molecule has 2 amide bonds. The Morgan fingerprint density at radius 3 is 2.61 bits per heavy atom. The van der Waals surface area contributed by atoms with E-state index in [2.05, 4.69) is 30.9 Å². The number of Topliss-reactive ketones (excluding diaryl/α,β-unsaturated/α-hetero) is 1. The number of fused-ring (bicyclic) bond motifs is 1. The molecule has 17 nitrogen and oxygen atoms in total. The molecule has 1 unspecified atom stereocenters. The number of methoxy groups -OCH3 is 1. The van der Waals surface area contributed by atoms with Crippen molar-refractivity contribution < 1.29 is 29.0 Å². The van der Waals surface area contributed by atoms with Gasteiger partial charge in [0.15, 0.2) is 6.29 Å². The number of hydrogen-bond acceptors (Lipinski definition) is 13. The lowest BCUT2D eigenvalue weighted by molar-refractivity contribution is -0.128. The van der Waals surface area contributed by atoms with E-state index < -0.39 is 23.9 Å². The number of rotatable bonds is 14. The van der Waals surface area contributed by atoms with Crippen LogP contribution >= 0.6 is 0 Å². The number of nitrogens with two attached hydrogens (primary N) is 2. The molecule has 0 spiro atoms. The van der Waals surface area contributed by atoms with Gasteiger partial charge >= 0.3 is 0 Å². The second-order valence-corrected chi connectivity index (χ2v) is 10.3. The molecule has 0 aliphatic carbocycles. The summed E-state index contributed by atoms with van der Waals surface area (Å²) in [7, 11) is 1.44. The molecule has 0 bridgehead atoms. The third-order valence-electron chi connectivity index (χ3n) is 7.58. The number of nitrogens with zero attached hydrogens (tertiary/aromatic N) is 5. The van der Waals surface area contributed by atoms with E-state index in [0.29, 0.717) is 35.4 Å². The summed E-state index contributed by atoms with van der Waals surface area (Å²) in [5.41, 5.74) is 4.90. The van der Waals surface area contributed by atoms with Gasteiger partial charge in [-0.3, -0.25) is 35.2 Å². The van der Waals surface area contributed by atoms with E-state index in [1.165, 1.54) is 35.5 Å². The number of piperazine rings is 1. The molecule has 1 atom stereocenters. The van der Waals surface area contributed by atoms with Crippen LogP contribution in [0.5, 0.6) is 5.75 Å². The average Bonchev–Trinajstić information content (AvgIpc) is 3.77. The largest absolute Gasteiger partial charge is 0.494 e. The fourth-order valence-corrected chi connectivity index (χ4v) is 5.24. The minimum atomic E-state index is -0.709. The van der Waals surface area contributed by atoms with Gasteiger partial charge in [-0.15, -0.1) is 0 Å². The second kappa shape index (κ2) is 14.9. The summed E-state index contributed by atoms with van der Waals surface area (Å²) in [5.74, 6) is 10.7. The summed E-state index contributed by atoms with van der Waals surface area (Å²) >= 11 is 0. The minimum Gasteiger partial charge on any atom is -0.494 e. The summed E-state index contributed by atoms with van der Waals surface area (Å²) in [4.78, 5) is 50.5. The number of aromatic nitrogens is 4. The number of hydrogen-bond donors (Lipinski definition) is 7. The lowest BCUT2D eigenvalue weighted by atomic mass is 10.1. The minimum absolute atomic E-state index is 0.101. The summed E-state index contributed by atoms with van der Waals surface area (Å²) in [6.07, 6.45) is 2.35. The highest BCUT2D eigenvalue weighted by molar-refractivity contribution is 6.45. The van der Waals surface area contributed by atoms with Crippen molar-refractivity contribution in [1.82, 2.24) is 40.7 Å². The SMILES string of the molecule is COc1cnc(-c2cc(C(=O)NCCOCCO)[nH]n2)c2[nH]cc(C(=O)C(=O)N3CCN(C(NN)N(N)c4ccccc4)CC3)c12. The highest BCUT2D eigenvalue weighted by atomic mass is 16.5. The molecule has 1 aliphatic heterocycles. The van der Waals surface area contributed by atoms with Crippen molar-refractivity contribution >= 4 is 34.2 Å². The van der Waals surface area contributed by atoms with Gasteiger partial charge in [0.25, 0.3) is 17.6 Å². The molecule has 1 aromatic carbocycles. The number of hydrazine groups is 2. The number of benzene rings is 1. The van der Waals surface area contributed by atoms with E-state index >= 15 is 0 Å². The number of carbonyl (C=O) groups excluding carboxylic acids is 3. The number of H-pyrrole nitrogens is 2. The molecular weight excluding hydrogens is 598 g/mol. The van der Waals surface area contributed by atoms with Crippen LogP contribution in [0, 0.1) is 0 Å². The Morgan fingerprint density at radius 2 is 1.91 bits per heavy atom. The number of ether oxygens (including phenoxy) is 2. The number of aliphatic hydroxyl groups is 1. The van der Waals surface area contributed by atoms with Crippen molar-refractivity contribution in [2.24, 2.45) is 11.7 Å². The molecule has 4 heterocycles. The van der Waals surface area contributed by atoms with Crippen molar-refractivity contribution in [2.75, 3.05) is 64.7 Å². The highest BCUT2D eigenvalue weighted by Crippen LogP contribution is 2.34. The fourth-order valence-electron chi connectivity index (χ4n) is 5.24. The Morgan fingerprint density at radius 1 is 1.15 bits per heavy atom. The zero-order valence-corrected chi connectivity index (χ0v) is 25.2. The maximum Gasteiger partial charge on any atom is 0.295 e. The van der Waals surface area contributed by atoms with E-state index in [9.17, 15) is 14.4 Å². The smallest absolute Gasteiger partial charge is 0.295 e. The first-order valence-corrected chi connectivity index (χ1v) is 14.6. The molecule has 244 valence electrons. The van der Waals surface area contributed by atoms with Gasteiger partial charge in [0.2, 0.25) is 0 Å². The van der Waals surface area contributed by atoms with E-state index in [1.54, 1.807) is 0 Å². The Labute approximate surface area is 263 Å². The zero-order chi connectivity index (χ0) is 32.6. The van der Waals surface area contributed by atoms with Crippen molar-refractivity contribution in [3.63, 3.8) is 0 Å². The number of nitrogens with one attached hydrogen (secondary N) is 4. The van der Waals surface area contributed by atoms with Crippen LogP contribution in [0.4, 0.5) is 5.69 Å². The lowest BCUT2D eigenvalue weighted by Crippen LogP contribution is -2.65. The van der Waals surface area contributed by atoms with Gasteiger partial charge in [-0.05, 0) is 18.2 Å². The third-order valence-corrected chi connectivity index (χ3v) is 7.58. The van der Waals surface area contributed by atoms with Crippen molar-refractivity contribution in [2.45, 2.75) is 6.29 Å². The van der Waals surface area contributed by atoms with Crippen LogP contribution in [0.2, 0.25) is 0 Å². The van der Waals surface area contributed by atoms with Crippen molar-refractivity contribution in [3.05, 3.63) is 60.0 Å². The summed E-state index contributed by atoms with van der Waals surface area (Å²) in [6, 6.07) is 10.9. The van der Waals surface area contributed by atoms with E-state index in [-0.39, 0.29) is 56.5 Å². The van der Waals surface area contributed by atoms with Crippen LogP contribution in [0.25, 0.3) is 22.3 Å². The number of carbonyl (C=O) groups is 3. The Kier molecular flexibility index (Phi) is 10.5. The number of para-hydroxylation sites is 1. The lowest BCUT2D eigenvalue weighted by Gasteiger charge is -2.42. The Hall–Kier alpha value is -4.91. The number of aliphatic hydroxyl groups excluding tert-OH is 1. The number of anilines is 1. The molecule has 5 rings (SSSR count). The molecule has 0 radical (unpaired) electrons. The predicted octanol–water partition coefficient (Wildman–Crippen LogP) is -0.846. The average molecular weight is 636 g/mol. The van der Waals surface area contributed by atoms with Gasteiger partial charge in [-0.25, -0.2) is 16.3 Å². The van der Waals surface area contributed by atoms with E-state index in [0.717, 1.165) is 5.69 Å². The first-order chi connectivity index (χ1) is 22.4. The molecule has 17 heteroatoms. The van der Waals surface area contributed by atoms with Gasteiger partial charge in [-0.1, -0.05) is 18.2 Å². The molecule has 4 aromatic rings. The van der Waals surface area contributed by atoms with Crippen molar-refractivity contribution in [1.29, 1.82) is 0 Å². The number of pyridine rings is 1. The normalized spacial score (nSPS) is 14.3. The van der Waals surface area contributed by atoms with Gasteiger partial charge in [-0.2, -0.15) is 5.10 Å². The standard InChI is InChI=1S/C29H37N11O6/c1-45-22-17-34-24(20-15-21(37-36-20)27(43)32-7-13-46-14-12-41)25-23(22)19(16-33-25)26(42)28(44)38-8-10-39(11-9-38)29(35-30)40(31)18-5-3-2-4-6-18/h2-6,15-17,29,33,35,41H,7-14,30-31H2,1H3,(H,32,43)(H,36,37). The monoisotopic (exact) mass is 635 g/mol. The topological polar surface area (TPSA) is 233 Å². The molecule has 9 N–H and O–H groups in total. The highest BCUT2D eigenvalue weighted by Gasteiger charge is 2.33. The summed E-state index contributed by atoms with van der Waals surface area (Å²) < 4.78 is 10.6. The van der Waals surface area contributed by atoms with Crippen LogP contribution in [0.1, 0.15) is 20.8 Å². The molecule has 1 saturated heterocycles. The summed E-state index contributed by atoms with van der Waals surface area (Å²) in [6.45, 7) is 1.97. The maximum absolute atomic E-state index is 13.6. The Bertz CT molecular complexity index is 1650. The van der Waals surface area contributed by atoms with Gasteiger partial charge in [0.05, 0.1) is 55.3 Å². The fraction of sp³-hybridized carbons (Fsp3) is 0.345. The Balaban J connectivity index is 1.29. The van der Waals surface area contributed by atoms with Gasteiger partial charge < -0.3 is 29.8 Å². The van der Waals surface area contributed by atoms with Crippen molar-refractivity contribution in [3.8, 4) is 17.1 Å². The number of amides is 2. The van der Waals surface area contributed by atoms with Crippen LogP contribution in [-0.4, -0.2) is 119 Å². The molecule has 1 aliphatic rings. The van der Waals surface area contributed by atoms with Gasteiger partial charge in [0.1, 0.15) is 22.8 Å². The van der Waals surface area contributed by atoms with Crippen LogP contribution < -0.4 is 32.2 Å². The van der Waals surface area contributed by atoms with Crippen LogP contribution in [0.3, 0.4) is 0 Å². The van der Waals surface area contributed by atoms with Crippen LogP contribution in [-0.2, 0) is 9.53 Å². The molecule has 3 aromatic heterocycles. The maximum atomic E-state index is 13.6. The van der Waals surface area contributed by atoms with E-state index in [4.69, 9.17) is 26.3 Å². The zero-order valence-electron chi connectivity index (χ0n) is 25.2. The number of ketones is 1. The predicted molar refractivity (Wildman–Crippen MR) is 167 cm³/mol. The molecule has 0 saturated carbocycles.